The van der Waals surface area contributed by atoms with E-state index in [-0.39, 0.29) is 4.87 Å². The first kappa shape index (κ1) is 19.1. The van der Waals surface area contributed by atoms with Crippen LogP contribution < -0.4 is 9.88 Å². The number of hydrogen-bond acceptors (Lipinski definition) is 6. The molecule has 1 aliphatic heterocycles. The van der Waals surface area contributed by atoms with Crippen molar-refractivity contribution >= 4 is 45.2 Å². The molecule has 0 spiro atoms. The number of aromatic nitrogens is 1. The molecule has 1 aromatic carbocycles. The van der Waals surface area contributed by atoms with Gasteiger partial charge in [-0.2, -0.15) is 0 Å². The summed E-state index contributed by atoms with van der Waals surface area (Å²) in [5.41, 5.74) is 1.27. The number of benzene rings is 1. The van der Waals surface area contributed by atoms with Crippen molar-refractivity contribution in [2.75, 3.05) is 58.4 Å². The molecule has 1 fully saturated rings. The van der Waals surface area contributed by atoms with Crippen LogP contribution in [0.1, 0.15) is 12.0 Å². The molecule has 26 heavy (non-hydrogen) atoms. The number of nitrogens with zero attached hydrogens (tertiary/aromatic N) is 4. The molecule has 1 aliphatic rings. The second kappa shape index (κ2) is 8.37. The molecule has 140 valence electrons. The summed E-state index contributed by atoms with van der Waals surface area (Å²) in [5, 5.41) is 2.51. The zero-order valence-electron chi connectivity index (χ0n) is 15.1. The fraction of sp³-hybridized carbons (Fsp3) is 0.500. The molecule has 0 unspecified atom stereocenters. The van der Waals surface area contributed by atoms with Crippen LogP contribution in [0.3, 0.4) is 0 Å². The Labute approximate surface area is 161 Å². The normalized spacial score (nSPS) is 15.6. The molecule has 0 amide bonds. The lowest BCUT2D eigenvalue weighted by molar-refractivity contribution is 0.228. The smallest absolute Gasteiger partial charge is 0.309 e. The quantitative estimate of drug-likeness (QED) is 0.699. The van der Waals surface area contributed by atoms with Gasteiger partial charge in [0.1, 0.15) is 5.94 Å². The average molecular weight is 395 g/mol. The summed E-state index contributed by atoms with van der Waals surface area (Å²) in [7, 11) is 4.17. The molecule has 0 bridgehead atoms. The first-order valence-electron chi connectivity index (χ1n) is 8.68. The Morgan fingerprint density at radius 3 is 2.65 bits per heavy atom. The van der Waals surface area contributed by atoms with E-state index in [1.165, 1.54) is 17.4 Å². The Morgan fingerprint density at radius 2 is 2.00 bits per heavy atom. The van der Waals surface area contributed by atoms with Crippen molar-refractivity contribution in [2.24, 2.45) is 0 Å². The third kappa shape index (κ3) is 4.03. The molecule has 0 N–H and O–H groups in total. The molecule has 1 saturated heterocycles. The van der Waals surface area contributed by atoms with Crippen LogP contribution >= 0.6 is 22.9 Å². The van der Waals surface area contributed by atoms with Crippen LogP contribution in [0.2, 0.25) is 5.02 Å². The van der Waals surface area contributed by atoms with Gasteiger partial charge in [0, 0.05) is 37.8 Å². The molecule has 2 heterocycles. The Hall–Kier alpha value is -1.63. The maximum atomic E-state index is 12.6. The minimum absolute atomic E-state index is 0.0520. The Morgan fingerprint density at radius 1 is 1.27 bits per heavy atom. The van der Waals surface area contributed by atoms with E-state index in [2.05, 4.69) is 28.9 Å². The fourth-order valence-electron chi connectivity index (χ4n) is 3.32. The van der Waals surface area contributed by atoms with Gasteiger partial charge in [0.25, 0.3) is 0 Å². The van der Waals surface area contributed by atoms with Crippen LogP contribution in [0.4, 0.5) is 0 Å². The molecular formula is C18H23ClN4O2S. The summed E-state index contributed by atoms with van der Waals surface area (Å²) in [6.45, 7) is 5.51. The minimum atomic E-state index is -0.0520. The summed E-state index contributed by atoms with van der Waals surface area (Å²) >= 11 is 7.43. The van der Waals surface area contributed by atoms with E-state index in [0.29, 0.717) is 16.1 Å². The second-order valence-electron chi connectivity index (χ2n) is 6.70. The van der Waals surface area contributed by atoms with E-state index in [1.807, 2.05) is 6.07 Å². The number of halogens is 1. The standard InChI is InChI=1S/C18H23ClN4O2S/c1-20(2)7-3-8-21-9-11-22(12-10-21)23-17-14(6-13-24)15(19)4-5-16(17)26-18(23)25/h4-6H,3,7-12H2,1-2H3. The maximum absolute atomic E-state index is 12.6. The van der Waals surface area contributed by atoms with Crippen LogP contribution in [0.25, 0.3) is 16.3 Å². The predicted molar refractivity (Wildman–Crippen MR) is 109 cm³/mol. The van der Waals surface area contributed by atoms with Crippen molar-refractivity contribution in [2.45, 2.75) is 6.42 Å². The molecule has 0 atom stereocenters. The summed E-state index contributed by atoms with van der Waals surface area (Å²) in [5.74, 6) is 1.79. The lowest BCUT2D eigenvalue weighted by Gasteiger charge is -2.36. The van der Waals surface area contributed by atoms with E-state index in [9.17, 15) is 9.59 Å². The zero-order valence-corrected chi connectivity index (χ0v) is 16.6. The van der Waals surface area contributed by atoms with Crippen LogP contribution in [0.15, 0.2) is 16.9 Å². The van der Waals surface area contributed by atoms with Gasteiger partial charge in [-0.05, 0) is 45.7 Å². The van der Waals surface area contributed by atoms with E-state index in [0.717, 1.165) is 50.4 Å². The van der Waals surface area contributed by atoms with Gasteiger partial charge >= 0.3 is 4.87 Å². The molecule has 6 nitrogen and oxygen atoms in total. The Kier molecular flexibility index (Phi) is 6.16. The first-order chi connectivity index (χ1) is 12.5. The molecule has 1 aromatic heterocycles. The van der Waals surface area contributed by atoms with Crippen LogP contribution in [-0.4, -0.2) is 73.8 Å². The van der Waals surface area contributed by atoms with Gasteiger partial charge in [0.05, 0.1) is 15.2 Å². The summed E-state index contributed by atoms with van der Waals surface area (Å²) < 4.78 is 2.51. The van der Waals surface area contributed by atoms with Gasteiger partial charge in [0.15, 0.2) is 0 Å². The van der Waals surface area contributed by atoms with Crippen molar-refractivity contribution in [3.8, 4) is 0 Å². The van der Waals surface area contributed by atoms with E-state index >= 15 is 0 Å². The van der Waals surface area contributed by atoms with Crippen molar-refractivity contribution < 1.29 is 4.79 Å². The highest BCUT2D eigenvalue weighted by molar-refractivity contribution is 7.16. The summed E-state index contributed by atoms with van der Waals surface area (Å²) in [6.07, 6.45) is 2.45. The predicted octanol–water partition coefficient (Wildman–Crippen LogP) is 1.77. The number of fused-ring (bicyclic) bond motifs is 1. The zero-order chi connectivity index (χ0) is 18.7. The lowest BCUT2D eigenvalue weighted by Crippen LogP contribution is -2.53. The number of thiazole rings is 1. The van der Waals surface area contributed by atoms with Gasteiger partial charge < -0.3 is 9.91 Å². The third-order valence-corrected chi connectivity index (χ3v) is 5.85. The topological polar surface area (TPSA) is 48.8 Å². The van der Waals surface area contributed by atoms with E-state index in [1.54, 1.807) is 16.7 Å². The summed E-state index contributed by atoms with van der Waals surface area (Å²) in [6, 6.07) is 3.55. The number of piperazine rings is 1. The second-order valence-corrected chi connectivity index (χ2v) is 8.10. The van der Waals surface area contributed by atoms with Crippen LogP contribution in [-0.2, 0) is 4.79 Å². The van der Waals surface area contributed by atoms with Crippen molar-refractivity contribution in [1.82, 2.24) is 14.5 Å². The van der Waals surface area contributed by atoms with Crippen molar-refractivity contribution in [1.29, 1.82) is 0 Å². The monoisotopic (exact) mass is 394 g/mol. The minimum Gasteiger partial charge on any atom is -0.309 e. The highest BCUT2D eigenvalue weighted by Crippen LogP contribution is 2.29. The highest BCUT2D eigenvalue weighted by atomic mass is 35.5. The average Bonchev–Trinajstić information content (AvgIpc) is 2.94. The fourth-order valence-corrected chi connectivity index (χ4v) is 4.43. The third-order valence-electron chi connectivity index (χ3n) is 4.62. The molecule has 8 heteroatoms. The van der Waals surface area contributed by atoms with Crippen molar-refractivity contribution in [3.05, 3.63) is 32.4 Å². The molecule has 3 rings (SSSR count). The largest absolute Gasteiger partial charge is 0.326 e. The number of rotatable bonds is 6. The van der Waals surface area contributed by atoms with Gasteiger partial charge in [-0.3, -0.25) is 9.69 Å². The van der Waals surface area contributed by atoms with Gasteiger partial charge in [0.2, 0.25) is 0 Å². The van der Waals surface area contributed by atoms with Gasteiger partial charge in [-0.15, -0.1) is 0 Å². The molecule has 2 aromatic rings. The Bertz CT molecular complexity index is 877. The highest BCUT2D eigenvalue weighted by Gasteiger charge is 2.22. The van der Waals surface area contributed by atoms with Gasteiger partial charge in [-0.25, -0.2) is 9.47 Å². The Balaban J connectivity index is 1.81. The lowest BCUT2D eigenvalue weighted by atomic mass is 10.2. The first-order valence-corrected chi connectivity index (χ1v) is 9.88. The van der Waals surface area contributed by atoms with Crippen LogP contribution in [0, 0.1) is 0 Å². The molecular weight excluding hydrogens is 372 g/mol. The van der Waals surface area contributed by atoms with E-state index < -0.39 is 0 Å². The van der Waals surface area contributed by atoms with Gasteiger partial charge in [-0.1, -0.05) is 22.9 Å². The molecule has 0 saturated carbocycles. The molecule has 0 aliphatic carbocycles. The van der Waals surface area contributed by atoms with Crippen LogP contribution in [0.5, 0.6) is 0 Å². The maximum Gasteiger partial charge on any atom is 0.326 e. The number of hydrogen-bond donors (Lipinski definition) is 0. The number of carbonyl (C=O) groups excluding carboxylic acids is 1. The SMILES string of the molecule is CN(C)CCCN1CCN(n2c(=O)sc3ccc(Cl)c(C=C=O)c32)CC1. The molecule has 0 radical (unpaired) electrons. The summed E-state index contributed by atoms with van der Waals surface area (Å²) in [4.78, 5) is 28.1. The van der Waals surface area contributed by atoms with E-state index in [4.69, 9.17) is 11.6 Å². The van der Waals surface area contributed by atoms with Crippen molar-refractivity contribution in [3.63, 3.8) is 0 Å².